The van der Waals surface area contributed by atoms with Crippen LogP contribution >= 0.6 is 7.82 Å². The number of amides is 1. The zero-order valence-electron chi connectivity index (χ0n) is 47.2. The second kappa shape index (κ2) is 52.6. The van der Waals surface area contributed by atoms with Crippen molar-refractivity contribution in [2.75, 3.05) is 40.9 Å². The van der Waals surface area contributed by atoms with Crippen molar-refractivity contribution < 1.29 is 32.9 Å². The van der Waals surface area contributed by atoms with E-state index in [-0.39, 0.29) is 19.1 Å². The number of carbonyl (C=O) groups is 1. The molecule has 0 aliphatic rings. The van der Waals surface area contributed by atoms with E-state index in [1.165, 1.54) is 231 Å². The summed E-state index contributed by atoms with van der Waals surface area (Å²) in [7, 11) is 1.27. The summed E-state index contributed by atoms with van der Waals surface area (Å²) in [6.07, 6.45) is 68.3. The molecule has 1 amide bonds. The highest BCUT2D eigenvalue weighted by atomic mass is 31.2. The van der Waals surface area contributed by atoms with Crippen LogP contribution in [0.25, 0.3) is 0 Å². The van der Waals surface area contributed by atoms with Gasteiger partial charge in [0.1, 0.15) is 13.2 Å². The predicted molar refractivity (Wildman–Crippen MR) is 302 cm³/mol. The number of unbranched alkanes of at least 4 members (excludes halogenated alkanes) is 39. The van der Waals surface area contributed by atoms with Crippen LogP contribution < -0.4 is 10.2 Å². The van der Waals surface area contributed by atoms with Crippen LogP contribution in [0.5, 0.6) is 0 Å². The van der Waals surface area contributed by atoms with Crippen molar-refractivity contribution in [1.82, 2.24) is 5.32 Å². The molecular formula is C61H119N2O6P. The lowest BCUT2D eigenvalue weighted by Gasteiger charge is -2.29. The van der Waals surface area contributed by atoms with Crippen LogP contribution in [-0.4, -0.2) is 68.5 Å². The quantitative estimate of drug-likeness (QED) is 0.0272. The Morgan fingerprint density at radius 1 is 0.500 bits per heavy atom. The Labute approximate surface area is 436 Å². The molecule has 0 fully saturated rings. The molecule has 0 heterocycles. The Bertz CT molecular complexity index is 1230. The third kappa shape index (κ3) is 54.5. The lowest BCUT2D eigenvalue weighted by molar-refractivity contribution is -0.870. The van der Waals surface area contributed by atoms with Gasteiger partial charge in [-0.1, -0.05) is 275 Å². The summed E-state index contributed by atoms with van der Waals surface area (Å²) in [5, 5.41) is 13.8. The Balaban J connectivity index is 3.86. The van der Waals surface area contributed by atoms with E-state index in [9.17, 15) is 19.4 Å². The standard InChI is InChI=1S/C61H119N2O6P/c1-6-8-10-12-14-16-18-19-20-21-22-23-24-25-26-27-28-29-30-31-32-33-34-35-36-37-38-39-40-41-42-43-45-47-49-51-53-55-61(65)62-59(58-69-70(66,67)68-57-56-63(3,4)5)60(64)54-52-50-48-46-44-17-15-13-11-9-7-2/h18-19,21-22,52,54,59-60,64H,6-17,20,23-51,53,55-58H2,1-5H3,(H-,62,65,66,67)/b19-18-,22-21-,54-52+. The van der Waals surface area contributed by atoms with Gasteiger partial charge in [-0.2, -0.15) is 0 Å². The number of nitrogens with one attached hydrogen (secondary N) is 1. The molecule has 8 nitrogen and oxygen atoms in total. The molecule has 0 spiro atoms. The van der Waals surface area contributed by atoms with Gasteiger partial charge < -0.3 is 28.8 Å². The summed E-state index contributed by atoms with van der Waals surface area (Å²) in [5.41, 5.74) is 0. The first-order valence-electron chi connectivity index (χ1n) is 30.4. The molecular weight excluding hydrogens is 888 g/mol. The van der Waals surface area contributed by atoms with Crippen LogP contribution in [0.2, 0.25) is 0 Å². The number of nitrogens with zero attached hydrogens (tertiary/aromatic N) is 1. The number of allylic oxidation sites excluding steroid dienone is 5. The third-order valence-electron chi connectivity index (χ3n) is 13.8. The molecule has 0 rings (SSSR count). The molecule has 0 bridgehead atoms. The number of rotatable bonds is 56. The number of carbonyl (C=O) groups excluding carboxylic acids is 1. The highest BCUT2D eigenvalue weighted by Gasteiger charge is 2.23. The Kier molecular flexibility index (Phi) is 51.6. The van der Waals surface area contributed by atoms with Gasteiger partial charge >= 0.3 is 0 Å². The van der Waals surface area contributed by atoms with Crippen LogP contribution in [0.4, 0.5) is 0 Å². The first-order valence-corrected chi connectivity index (χ1v) is 31.8. The predicted octanol–water partition coefficient (Wildman–Crippen LogP) is 17.9. The van der Waals surface area contributed by atoms with Gasteiger partial charge in [-0.05, 0) is 51.4 Å². The minimum absolute atomic E-state index is 0.000861. The molecule has 0 radical (unpaired) electrons. The molecule has 3 unspecified atom stereocenters. The van der Waals surface area contributed by atoms with Crippen LogP contribution in [0.1, 0.15) is 296 Å². The maximum absolute atomic E-state index is 12.9. The zero-order chi connectivity index (χ0) is 51.3. The lowest BCUT2D eigenvalue weighted by Crippen LogP contribution is -2.45. The minimum Gasteiger partial charge on any atom is -0.756 e. The van der Waals surface area contributed by atoms with E-state index in [1.54, 1.807) is 6.08 Å². The second-order valence-electron chi connectivity index (χ2n) is 22.1. The van der Waals surface area contributed by atoms with E-state index in [1.807, 2.05) is 27.2 Å². The molecule has 0 aromatic heterocycles. The number of aliphatic hydroxyl groups excluding tert-OH is 1. The van der Waals surface area contributed by atoms with Crippen molar-refractivity contribution in [3.05, 3.63) is 36.5 Å². The topological polar surface area (TPSA) is 108 Å². The van der Waals surface area contributed by atoms with Gasteiger partial charge in [-0.15, -0.1) is 0 Å². The number of likely N-dealkylation sites (N-methyl/N-ethyl adjacent to an activating group) is 1. The van der Waals surface area contributed by atoms with Crippen molar-refractivity contribution >= 4 is 13.7 Å². The smallest absolute Gasteiger partial charge is 0.268 e. The summed E-state index contributed by atoms with van der Waals surface area (Å²) in [5.74, 6) is -0.194. The van der Waals surface area contributed by atoms with Gasteiger partial charge in [0, 0.05) is 6.42 Å². The molecule has 0 aliphatic heterocycles. The fourth-order valence-electron chi connectivity index (χ4n) is 9.07. The van der Waals surface area contributed by atoms with Crippen molar-refractivity contribution in [1.29, 1.82) is 0 Å². The van der Waals surface area contributed by atoms with E-state index in [2.05, 4.69) is 43.5 Å². The minimum atomic E-state index is -4.59. The molecule has 0 saturated heterocycles. The Morgan fingerprint density at radius 3 is 1.19 bits per heavy atom. The van der Waals surface area contributed by atoms with E-state index >= 15 is 0 Å². The number of quaternary nitrogens is 1. The normalized spacial score (nSPS) is 14.1. The SMILES string of the molecule is CCCCCCC/C=C\C/C=C\CCCCCCCCCCCCCCCCCCCCCCCCCCCC(=O)NC(COP(=O)([O-])OCC[N+](C)(C)C)C(O)/C=C/CCCCCCCCCCC. The van der Waals surface area contributed by atoms with Gasteiger partial charge in [0.2, 0.25) is 5.91 Å². The number of hydrogen-bond donors (Lipinski definition) is 2. The molecule has 414 valence electrons. The summed E-state index contributed by atoms with van der Waals surface area (Å²) in [6.45, 7) is 4.65. The number of hydrogen-bond acceptors (Lipinski definition) is 6. The van der Waals surface area contributed by atoms with Gasteiger partial charge in [0.25, 0.3) is 7.82 Å². The molecule has 0 aromatic carbocycles. The van der Waals surface area contributed by atoms with E-state index in [0.29, 0.717) is 17.4 Å². The molecule has 70 heavy (non-hydrogen) atoms. The van der Waals surface area contributed by atoms with E-state index in [0.717, 1.165) is 44.9 Å². The van der Waals surface area contributed by atoms with Gasteiger partial charge in [0.15, 0.2) is 0 Å². The van der Waals surface area contributed by atoms with Crippen LogP contribution in [0.15, 0.2) is 36.5 Å². The molecule has 0 saturated carbocycles. The van der Waals surface area contributed by atoms with Crippen LogP contribution in [0, 0.1) is 0 Å². The number of phosphoric ester groups is 1. The monoisotopic (exact) mass is 1010 g/mol. The summed E-state index contributed by atoms with van der Waals surface area (Å²) < 4.78 is 23.3. The largest absolute Gasteiger partial charge is 0.756 e. The Morgan fingerprint density at radius 2 is 0.829 bits per heavy atom. The van der Waals surface area contributed by atoms with Crippen molar-refractivity contribution in [2.24, 2.45) is 0 Å². The molecule has 0 aliphatic carbocycles. The van der Waals surface area contributed by atoms with Gasteiger partial charge in [-0.25, -0.2) is 0 Å². The summed E-state index contributed by atoms with van der Waals surface area (Å²) in [6, 6.07) is -0.882. The first-order chi connectivity index (χ1) is 34.0. The Hall–Kier alpha value is -1.28. The fourth-order valence-corrected chi connectivity index (χ4v) is 9.79. The highest BCUT2D eigenvalue weighted by Crippen LogP contribution is 2.38. The summed E-state index contributed by atoms with van der Waals surface area (Å²) >= 11 is 0. The van der Waals surface area contributed by atoms with Gasteiger partial charge in [0.05, 0.1) is 39.9 Å². The average molecular weight is 1010 g/mol. The molecule has 9 heteroatoms. The second-order valence-corrected chi connectivity index (χ2v) is 23.5. The van der Waals surface area contributed by atoms with E-state index < -0.39 is 20.0 Å². The lowest BCUT2D eigenvalue weighted by atomic mass is 10.0. The first kappa shape index (κ1) is 68.7. The number of aliphatic hydroxyl groups is 1. The van der Waals surface area contributed by atoms with E-state index in [4.69, 9.17) is 9.05 Å². The molecule has 2 N–H and O–H groups in total. The zero-order valence-corrected chi connectivity index (χ0v) is 48.1. The highest BCUT2D eigenvalue weighted by molar-refractivity contribution is 7.45. The summed E-state index contributed by atoms with van der Waals surface area (Å²) in [4.78, 5) is 25.4. The molecule has 0 aromatic rings. The maximum atomic E-state index is 12.9. The van der Waals surface area contributed by atoms with Crippen LogP contribution in [0.3, 0.4) is 0 Å². The van der Waals surface area contributed by atoms with Crippen molar-refractivity contribution in [2.45, 2.75) is 309 Å². The van der Waals surface area contributed by atoms with Crippen molar-refractivity contribution in [3.8, 4) is 0 Å². The fraction of sp³-hybridized carbons (Fsp3) is 0.885. The average Bonchev–Trinajstić information content (AvgIpc) is 3.32. The van der Waals surface area contributed by atoms with Crippen molar-refractivity contribution in [3.63, 3.8) is 0 Å². The molecule has 3 atom stereocenters. The number of phosphoric acid groups is 1. The maximum Gasteiger partial charge on any atom is 0.268 e. The van der Waals surface area contributed by atoms with Gasteiger partial charge in [-0.3, -0.25) is 9.36 Å². The third-order valence-corrected chi connectivity index (χ3v) is 14.8. The van der Waals surface area contributed by atoms with Crippen LogP contribution in [-0.2, 0) is 18.4 Å².